The molecule has 0 radical (unpaired) electrons. The van der Waals surface area contributed by atoms with Crippen molar-refractivity contribution in [3.63, 3.8) is 0 Å². The maximum Gasteiger partial charge on any atom is 0.254 e. The molecule has 1 aliphatic heterocycles. The number of carbonyl (C=O) groups is 1. The third-order valence-electron chi connectivity index (χ3n) is 4.51. The summed E-state index contributed by atoms with van der Waals surface area (Å²) in [6, 6.07) is 7.93. The van der Waals surface area contributed by atoms with Crippen molar-refractivity contribution in [3.05, 3.63) is 54.1 Å². The average molecular weight is 322 g/mol. The molecule has 3 aromatic heterocycles. The number of piperidine rings is 1. The number of nitrogens with zero attached hydrogens (tertiary/aromatic N) is 5. The molecule has 24 heavy (non-hydrogen) atoms. The lowest BCUT2D eigenvalue weighted by molar-refractivity contribution is 0.100. The number of carbonyl (C=O) groups excluding carboxylic acids is 1. The second-order valence-electron chi connectivity index (χ2n) is 6.00. The molecule has 7 nitrogen and oxygen atoms in total. The molecule has 4 rings (SSSR count). The van der Waals surface area contributed by atoms with Crippen LogP contribution in [0.2, 0.25) is 0 Å². The van der Waals surface area contributed by atoms with Crippen molar-refractivity contribution < 1.29 is 4.79 Å². The van der Waals surface area contributed by atoms with Gasteiger partial charge in [0.25, 0.3) is 5.91 Å². The van der Waals surface area contributed by atoms with E-state index in [9.17, 15) is 4.79 Å². The molecule has 3 aromatic rings. The summed E-state index contributed by atoms with van der Waals surface area (Å²) in [5.74, 6) is 0.783. The number of fused-ring (bicyclic) bond motifs is 1. The lowest BCUT2D eigenvalue weighted by atomic mass is 9.94. The molecule has 0 aromatic carbocycles. The molecule has 0 bridgehead atoms. The number of anilines is 1. The number of hydrogen-bond acceptors (Lipinski definition) is 5. The van der Waals surface area contributed by atoms with Gasteiger partial charge in [0.15, 0.2) is 5.65 Å². The van der Waals surface area contributed by atoms with Crippen LogP contribution >= 0.6 is 0 Å². The van der Waals surface area contributed by atoms with E-state index in [2.05, 4.69) is 20.0 Å². The topological polar surface area (TPSA) is 89.4 Å². The van der Waals surface area contributed by atoms with E-state index in [-0.39, 0.29) is 0 Å². The van der Waals surface area contributed by atoms with Crippen LogP contribution < -0.4 is 10.6 Å². The van der Waals surface area contributed by atoms with Crippen molar-refractivity contribution >= 4 is 17.4 Å². The summed E-state index contributed by atoms with van der Waals surface area (Å²) in [4.78, 5) is 22.5. The molecule has 1 unspecified atom stereocenters. The minimum atomic E-state index is -0.506. The SMILES string of the molecule is NC(=O)c1cnn2c(C3CCCN(c4ccccn4)C3)ccnc12. The number of nitrogens with two attached hydrogens (primary N) is 1. The Bertz CT molecular complexity index is 875. The molecule has 1 aliphatic rings. The summed E-state index contributed by atoms with van der Waals surface area (Å²) in [5.41, 5.74) is 7.33. The van der Waals surface area contributed by atoms with Crippen molar-refractivity contribution in [2.75, 3.05) is 18.0 Å². The van der Waals surface area contributed by atoms with E-state index in [1.807, 2.05) is 30.5 Å². The first-order valence-electron chi connectivity index (χ1n) is 8.02. The van der Waals surface area contributed by atoms with E-state index >= 15 is 0 Å². The highest BCUT2D eigenvalue weighted by Crippen LogP contribution is 2.29. The second-order valence-corrected chi connectivity index (χ2v) is 6.00. The largest absolute Gasteiger partial charge is 0.365 e. The van der Waals surface area contributed by atoms with Gasteiger partial charge < -0.3 is 10.6 Å². The zero-order chi connectivity index (χ0) is 16.5. The summed E-state index contributed by atoms with van der Waals surface area (Å²) in [6.07, 6.45) is 7.17. The van der Waals surface area contributed by atoms with Crippen molar-refractivity contribution in [2.24, 2.45) is 5.73 Å². The smallest absolute Gasteiger partial charge is 0.254 e. The minimum absolute atomic E-state index is 0.298. The monoisotopic (exact) mass is 322 g/mol. The summed E-state index contributed by atoms with van der Waals surface area (Å²) in [6.45, 7) is 1.86. The summed E-state index contributed by atoms with van der Waals surface area (Å²) in [7, 11) is 0. The predicted octanol–water partition coefficient (Wildman–Crippen LogP) is 1.61. The predicted molar refractivity (Wildman–Crippen MR) is 89.9 cm³/mol. The van der Waals surface area contributed by atoms with E-state index < -0.39 is 5.91 Å². The molecular formula is C17H18N6O. The van der Waals surface area contributed by atoms with Crippen LogP contribution in [0, 0.1) is 0 Å². The third-order valence-corrected chi connectivity index (χ3v) is 4.51. The van der Waals surface area contributed by atoms with E-state index in [1.165, 1.54) is 6.20 Å². The second kappa shape index (κ2) is 5.92. The van der Waals surface area contributed by atoms with Crippen LogP contribution in [0.4, 0.5) is 5.82 Å². The molecule has 2 N–H and O–H groups in total. The highest BCUT2D eigenvalue weighted by Gasteiger charge is 2.25. The first-order chi connectivity index (χ1) is 11.7. The molecule has 1 atom stereocenters. The Kier molecular flexibility index (Phi) is 3.60. The zero-order valence-corrected chi connectivity index (χ0v) is 13.2. The van der Waals surface area contributed by atoms with Gasteiger partial charge in [-0.15, -0.1) is 0 Å². The first-order valence-corrected chi connectivity index (χ1v) is 8.02. The van der Waals surface area contributed by atoms with Crippen molar-refractivity contribution in [1.82, 2.24) is 19.6 Å². The fourth-order valence-corrected chi connectivity index (χ4v) is 3.36. The van der Waals surface area contributed by atoms with Gasteiger partial charge in [-0.1, -0.05) is 6.07 Å². The van der Waals surface area contributed by atoms with Crippen LogP contribution in [0.1, 0.15) is 34.8 Å². The Hall–Kier alpha value is -2.96. The molecule has 1 saturated heterocycles. The van der Waals surface area contributed by atoms with Gasteiger partial charge in [-0.05, 0) is 31.0 Å². The van der Waals surface area contributed by atoms with E-state index in [0.29, 0.717) is 17.1 Å². The number of hydrogen-bond donors (Lipinski definition) is 1. The van der Waals surface area contributed by atoms with Crippen molar-refractivity contribution in [2.45, 2.75) is 18.8 Å². The highest BCUT2D eigenvalue weighted by atomic mass is 16.1. The molecule has 1 fully saturated rings. The Morgan fingerprint density at radius 2 is 2.12 bits per heavy atom. The Labute approximate surface area is 139 Å². The van der Waals surface area contributed by atoms with Gasteiger partial charge in [0.2, 0.25) is 0 Å². The normalized spacial score (nSPS) is 18.0. The molecule has 0 saturated carbocycles. The first kappa shape index (κ1) is 14.6. The molecule has 4 heterocycles. The van der Waals surface area contributed by atoms with Crippen LogP contribution in [-0.4, -0.2) is 38.6 Å². The van der Waals surface area contributed by atoms with Crippen LogP contribution in [0.15, 0.2) is 42.9 Å². The van der Waals surface area contributed by atoms with Gasteiger partial charge in [-0.3, -0.25) is 4.79 Å². The van der Waals surface area contributed by atoms with E-state index in [1.54, 1.807) is 10.7 Å². The van der Waals surface area contributed by atoms with Crippen LogP contribution in [0.5, 0.6) is 0 Å². The van der Waals surface area contributed by atoms with Crippen LogP contribution in [0.3, 0.4) is 0 Å². The van der Waals surface area contributed by atoms with Gasteiger partial charge in [-0.2, -0.15) is 5.10 Å². The van der Waals surface area contributed by atoms with Crippen LogP contribution in [-0.2, 0) is 0 Å². The number of rotatable bonds is 3. The molecule has 1 amide bonds. The molecule has 0 aliphatic carbocycles. The third kappa shape index (κ3) is 2.47. The highest BCUT2D eigenvalue weighted by molar-refractivity contribution is 5.98. The zero-order valence-electron chi connectivity index (χ0n) is 13.2. The maximum atomic E-state index is 11.5. The van der Waals surface area contributed by atoms with E-state index in [4.69, 9.17) is 5.73 Å². The van der Waals surface area contributed by atoms with Crippen LogP contribution in [0.25, 0.3) is 5.65 Å². The Morgan fingerprint density at radius 3 is 2.92 bits per heavy atom. The van der Waals surface area contributed by atoms with Gasteiger partial charge in [0, 0.05) is 31.4 Å². The summed E-state index contributed by atoms with van der Waals surface area (Å²) < 4.78 is 1.74. The number of primary amides is 1. The standard InChI is InChI=1S/C17H18N6O/c18-16(24)13-10-21-23-14(6-8-20-17(13)23)12-4-3-9-22(11-12)15-5-1-2-7-19-15/h1-2,5-8,10,12H,3-4,9,11H2,(H2,18,24). The molecule has 122 valence electrons. The van der Waals surface area contributed by atoms with Crippen molar-refractivity contribution in [3.8, 4) is 0 Å². The summed E-state index contributed by atoms with van der Waals surface area (Å²) in [5, 5.41) is 4.33. The fourth-order valence-electron chi connectivity index (χ4n) is 3.36. The molecular weight excluding hydrogens is 304 g/mol. The lowest BCUT2D eigenvalue weighted by Crippen LogP contribution is -2.35. The quantitative estimate of drug-likeness (QED) is 0.791. The maximum absolute atomic E-state index is 11.5. The number of amides is 1. The van der Waals surface area contributed by atoms with Crippen molar-refractivity contribution in [1.29, 1.82) is 0 Å². The van der Waals surface area contributed by atoms with Gasteiger partial charge in [0.1, 0.15) is 11.4 Å². The Balaban J connectivity index is 1.68. The Morgan fingerprint density at radius 1 is 1.21 bits per heavy atom. The molecule has 7 heteroatoms. The fraction of sp³-hybridized carbons (Fsp3) is 0.294. The van der Waals surface area contributed by atoms with Gasteiger partial charge >= 0.3 is 0 Å². The van der Waals surface area contributed by atoms with Gasteiger partial charge in [-0.25, -0.2) is 14.5 Å². The number of aromatic nitrogens is 4. The summed E-state index contributed by atoms with van der Waals surface area (Å²) >= 11 is 0. The molecule has 0 spiro atoms. The minimum Gasteiger partial charge on any atom is -0.365 e. The lowest BCUT2D eigenvalue weighted by Gasteiger charge is -2.33. The number of pyridine rings is 1. The van der Waals surface area contributed by atoms with E-state index in [0.717, 1.165) is 37.4 Å². The van der Waals surface area contributed by atoms with Gasteiger partial charge in [0.05, 0.1) is 11.9 Å². The average Bonchev–Trinajstić information content (AvgIpc) is 3.07.